The van der Waals surface area contributed by atoms with Gasteiger partial charge in [0.15, 0.2) is 5.65 Å². The van der Waals surface area contributed by atoms with E-state index in [0.29, 0.717) is 11.3 Å². The van der Waals surface area contributed by atoms with Gasteiger partial charge in [-0.15, -0.1) is 5.10 Å². The Hall–Kier alpha value is -2.08. The Bertz CT molecular complexity index is 976. The Balaban J connectivity index is 1.62. The lowest BCUT2D eigenvalue weighted by Gasteiger charge is -2.37. The largest absolute Gasteiger partial charge is 0.416 e. The van der Waals surface area contributed by atoms with E-state index in [4.69, 9.17) is 0 Å². The number of pyridine rings is 1. The lowest BCUT2D eigenvalue weighted by atomic mass is 10.1. The topological polar surface area (TPSA) is 65.7 Å². The number of alkyl halides is 4. The van der Waals surface area contributed by atoms with Gasteiger partial charge in [0.1, 0.15) is 9.87 Å². The Kier molecular flexibility index (Phi) is 5.08. The van der Waals surface area contributed by atoms with Crippen molar-refractivity contribution in [2.75, 3.05) is 16.8 Å². The van der Waals surface area contributed by atoms with Crippen molar-refractivity contribution in [3.05, 3.63) is 48.0 Å². The third kappa shape index (κ3) is 3.75. The first kappa shape index (κ1) is 19.2. The average molecular weight is 503 g/mol. The zero-order valence-electron chi connectivity index (χ0n) is 14.6. The molecule has 0 aliphatic carbocycles. The Labute approximate surface area is 172 Å². The Morgan fingerprint density at radius 3 is 2.61 bits per heavy atom. The highest BCUT2D eigenvalue weighted by Crippen LogP contribution is 2.31. The second-order valence-electron chi connectivity index (χ2n) is 6.57. The van der Waals surface area contributed by atoms with Gasteiger partial charge >= 0.3 is 6.18 Å². The smallest absolute Gasteiger partial charge is 0.390 e. The van der Waals surface area contributed by atoms with Crippen molar-refractivity contribution < 1.29 is 18.3 Å². The number of aliphatic hydroxyl groups excluding tert-OH is 1. The van der Waals surface area contributed by atoms with Crippen LogP contribution in [0.2, 0.25) is 0 Å². The Morgan fingerprint density at radius 2 is 1.89 bits per heavy atom. The SMILES string of the molecule is OC1CCCN(c2cccc3nc(Nc4ccc(C(F)(F)F)cc4)nn23)C1I. The summed E-state index contributed by atoms with van der Waals surface area (Å²) in [5.74, 6) is 1.10. The van der Waals surface area contributed by atoms with Crippen LogP contribution in [0.3, 0.4) is 0 Å². The van der Waals surface area contributed by atoms with Gasteiger partial charge in [0, 0.05) is 12.2 Å². The molecule has 4 rings (SSSR count). The summed E-state index contributed by atoms with van der Waals surface area (Å²) in [7, 11) is 0. The van der Waals surface area contributed by atoms with Crippen molar-refractivity contribution >= 4 is 45.7 Å². The molecule has 0 amide bonds. The molecule has 0 saturated carbocycles. The highest BCUT2D eigenvalue weighted by molar-refractivity contribution is 14.1. The van der Waals surface area contributed by atoms with E-state index in [-0.39, 0.29) is 10.00 Å². The molecule has 3 aromatic rings. The van der Waals surface area contributed by atoms with Crippen molar-refractivity contribution in [1.82, 2.24) is 14.6 Å². The van der Waals surface area contributed by atoms with Crippen LogP contribution in [0.1, 0.15) is 18.4 Å². The van der Waals surface area contributed by atoms with E-state index < -0.39 is 17.8 Å². The molecule has 2 aromatic heterocycles. The Morgan fingerprint density at radius 1 is 1.14 bits per heavy atom. The first-order valence-corrected chi connectivity index (χ1v) is 9.96. The molecule has 0 spiro atoms. The summed E-state index contributed by atoms with van der Waals surface area (Å²) in [5, 5.41) is 17.6. The number of benzene rings is 1. The fourth-order valence-corrected chi connectivity index (χ4v) is 4.14. The number of hydrogen-bond acceptors (Lipinski definition) is 5. The first-order chi connectivity index (χ1) is 13.3. The van der Waals surface area contributed by atoms with Crippen LogP contribution < -0.4 is 10.2 Å². The molecule has 1 aromatic carbocycles. The van der Waals surface area contributed by atoms with E-state index in [1.165, 1.54) is 12.1 Å². The lowest BCUT2D eigenvalue weighted by Crippen LogP contribution is -2.45. The highest BCUT2D eigenvalue weighted by Gasteiger charge is 2.30. The monoisotopic (exact) mass is 503 g/mol. The van der Waals surface area contributed by atoms with E-state index in [1.54, 1.807) is 10.6 Å². The summed E-state index contributed by atoms with van der Waals surface area (Å²) in [6, 6.07) is 10.3. The molecule has 0 bridgehead atoms. The zero-order chi connectivity index (χ0) is 19.9. The summed E-state index contributed by atoms with van der Waals surface area (Å²) >= 11 is 2.22. The van der Waals surface area contributed by atoms with E-state index in [2.05, 4.69) is 42.9 Å². The summed E-state index contributed by atoms with van der Waals surface area (Å²) in [6.45, 7) is 0.797. The van der Waals surface area contributed by atoms with Crippen LogP contribution >= 0.6 is 22.6 Å². The minimum atomic E-state index is -4.37. The molecule has 2 unspecified atom stereocenters. The molecule has 148 valence electrons. The van der Waals surface area contributed by atoms with Gasteiger partial charge in [-0.3, -0.25) is 0 Å². The summed E-state index contributed by atoms with van der Waals surface area (Å²) in [4.78, 5) is 6.49. The maximum atomic E-state index is 12.7. The number of aromatic nitrogens is 3. The molecule has 2 N–H and O–H groups in total. The predicted octanol–water partition coefficient (Wildman–Crippen LogP) is 4.21. The van der Waals surface area contributed by atoms with Crippen LogP contribution in [0.15, 0.2) is 42.5 Å². The van der Waals surface area contributed by atoms with Gasteiger partial charge in [0.05, 0.1) is 11.7 Å². The molecule has 1 saturated heterocycles. The minimum Gasteiger partial charge on any atom is -0.390 e. The first-order valence-electron chi connectivity index (χ1n) is 8.72. The summed E-state index contributed by atoms with van der Waals surface area (Å²) in [6.07, 6.45) is -3.15. The molecule has 0 radical (unpaired) electrons. The molecule has 1 fully saturated rings. The molecule has 10 heteroatoms. The number of anilines is 3. The quantitative estimate of drug-likeness (QED) is 0.319. The number of aliphatic hydroxyl groups is 1. The van der Waals surface area contributed by atoms with Gasteiger partial charge in [-0.1, -0.05) is 28.7 Å². The van der Waals surface area contributed by atoms with E-state index >= 15 is 0 Å². The number of piperidine rings is 1. The van der Waals surface area contributed by atoms with Gasteiger partial charge < -0.3 is 15.3 Å². The average Bonchev–Trinajstić information content (AvgIpc) is 3.06. The van der Waals surface area contributed by atoms with Crippen molar-refractivity contribution in [2.45, 2.75) is 29.2 Å². The molecular formula is C18H17F3IN5O. The number of nitrogens with zero attached hydrogens (tertiary/aromatic N) is 4. The van der Waals surface area contributed by atoms with E-state index in [0.717, 1.165) is 37.3 Å². The van der Waals surface area contributed by atoms with Crippen LogP contribution in [0, 0.1) is 0 Å². The number of hydrogen-bond donors (Lipinski definition) is 2. The maximum Gasteiger partial charge on any atom is 0.416 e. The molecule has 2 atom stereocenters. The normalized spacial score (nSPS) is 20.5. The third-order valence-corrected chi connectivity index (χ3v) is 6.12. The summed E-state index contributed by atoms with van der Waals surface area (Å²) in [5.41, 5.74) is 0.362. The molecule has 6 nitrogen and oxygen atoms in total. The predicted molar refractivity (Wildman–Crippen MR) is 108 cm³/mol. The maximum absolute atomic E-state index is 12.7. The van der Waals surface area contributed by atoms with Gasteiger partial charge in [-0.25, -0.2) is 0 Å². The van der Waals surface area contributed by atoms with Gasteiger partial charge in [-0.2, -0.15) is 22.7 Å². The van der Waals surface area contributed by atoms with Crippen molar-refractivity contribution in [1.29, 1.82) is 0 Å². The minimum absolute atomic E-state index is 0.0764. The second-order valence-corrected chi connectivity index (χ2v) is 7.84. The van der Waals surface area contributed by atoms with Gasteiger partial charge in [0.25, 0.3) is 0 Å². The van der Waals surface area contributed by atoms with Crippen molar-refractivity contribution in [3.63, 3.8) is 0 Å². The molecule has 28 heavy (non-hydrogen) atoms. The lowest BCUT2D eigenvalue weighted by molar-refractivity contribution is -0.137. The van der Waals surface area contributed by atoms with Crippen LogP contribution in [-0.2, 0) is 6.18 Å². The fourth-order valence-electron chi connectivity index (χ4n) is 3.21. The standard InChI is InChI=1S/C18H17F3IN5O/c19-18(20,21)11-6-8-12(9-7-11)23-17-24-14-4-1-5-15(27(14)25-17)26-10-2-3-13(28)16(26)22/h1,4-9,13,16,28H,2-3,10H2,(H,23,25). The van der Waals surface area contributed by atoms with Gasteiger partial charge in [-0.05, 0) is 49.2 Å². The highest BCUT2D eigenvalue weighted by atomic mass is 127. The van der Waals surface area contributed by atoms with E-state index in [1.807, 2.05) is 12.1 Å². The van der Waals surface area contributed by atoms with Crippen molar-refractivity contribution in [2.24, 2.45) is 0 Å². The molecule has 3 heterocycles. The third-order valence-electron chi connectivity index (χ3n) is 4.62. The molecular weight excluding hydrogens is 486 g/mol. The molecule has 1 aliphatic rings. The number of fused-ring (bicyclic) bond motifs is 1. The van der Waals surface area contributed by atoms with Gasteiger partial charge in [0.2, 0.25) is 5.95 Å². The van der Waals surface area contributed by atoms with Crippen LogP contribution in [0.5, 0.6) is 0 Å². The van der Waals surface area contributed by atoms with Crippen LogP contribution in [0.4, 0.5) is 30.6 Å². The zero-order valence-corrected chi connectivity index (χ0v) is 16.7. The number of rotatable bonds is 3. The molecule has 1 aliphatic heterocycles. The van der Waals surface area contributed by atoms with Crippen LogP contribution in [-0.4, -0.2) is 36.4 Å². The van der Waals surface area contributed by atoms with Crippen LogP contribution in [0.25, 0.3) is 5.65 Å². The number of halogens is 4. The fraction of sp³-hybridized carbons (Fsp3) is 0.333. The van der Waals surface area contributed by atoms with Crippen molar-refractivity contribution in [3.8, 4) is 0 Å². The second kappa shape index (κ2) is 7.39. The number of nitrogens with one attached hydrogen (secondary N) is 1. The van der Waals surface area contributed by atoms with E-state index in [9.17, 15) is 18.3 Å². The summed E-state index contributed by atoms with van der Waals surface area (Å²) < 4.78 is 39.7.